The molecule has 2 rings (SSSR count). The maximum absolute atomic E-state index is 12.2. The Morgan fingerprint density at radius 3 is 2.55 bits per heavy atom. The molecule has 0 aliphatic carbocycles. The van der Waals surface area contributed by atoms with Gasteiger partial charge in [-0.3, -0.25) is 9.48 Å². The molecular formula is C15H23N5OS. The highest BCUT2D eigenvalue weighted by molar-refractivity contribution is 7.15. The lowest BCUT2D eigenvalue weighted by atomic mass is 9.98. The second-order valence-corrected chi connectivity index (χ2v) is 7.61. The van der Waals surface area contributed by atoms with Crippen LogP contribution in [0.3, 0.4) is 0 Å². The van der Waals surface area contributed by atoms with Crippen molar-refractivity contribution in [2.24, 2.45) is 0 Å². The number of hydrogen-bond acceptors (Lipinski definition) is 5. The van der Waals surface area contributed by atoms with Crippen molar-refractivity contribution in [2.45, 2.75) is 59.4 Å². The van der Waals surface area contributed by atoms with Gasteiger partial charge in [-0.15, -0.1) is 10.2 Å². The summed E-state index contributed by atoms with van der Waals surface area (Å²) in [7, 11) is 0. The second-order valence-electron chi connectivity index (χ2n) is 6.64. The lowest BCUT2D eigenvalue weighted by Crippen LogP contribution is -2.19. The van der Waals surface area contributed by atoms with Gasteiger partial charge >= 0.3 is 0 Å². The molecule has 0 bridgehead atoms. The monoisotopic (exact) mass is 321 g/mol. The molecule has 120 valence electrons. The number of aryl methyl sites for hydroxylation is 2. The third-order valence-corrected chi connectivity index (χ3v) is 4.52. The number of nitrogens with one attached hydrogen (secondary N) is 1. The third-order valence-electron chi connectivity index (χ3n) is 3.26. The molecule has 1 atom stereocenters. The minimum atomic E-state index is -0.0725. The largest absolute Gasteiger partial charge is 0.300 e. The molecule has 2 heterocycles. The number of amides is 1. The molecule has 0 saturated carbocycles. The Morgan fingerprint density at radius 1 is 1.36 bits per heavy atom. The number of carbonyl (C=O) groups is 1. The number of rotatable bonds is 4. The summed E-state index contributed by atoms with van der Waals surface area (Å²) in [5.74, 6) is -0.0725. The van der Waals surface area contributed by atoms with Crippen LogP contribution in [0.25, 0.3) is 0 Å². The zero-order valence-electron chi connectivity index (χ0n) is 14.0. The Hall–Kier alpha value is -1.76. The van der Waals surface area contributed by atoms with Gasteiger partial charge in [0.2, 0.25) is 11.0 Å². The van der Waals surface area contributed by atoms with Crippen LogP contribution in [0.15, 0.2) is 6.07 Å². The summed E-state index contributed by atoms with van der Waals surface area (Å²) >= 11 is 1.42. The van der Waals surface area contributed by atoms with E-state index < -0.39 is 0 Å². The molecule has 0 aliphatic rings. The van der Waals surface area contributed by atoms with Crippen molar-refractivity contribution in [2.75, 3.05) is 5.32 Å². The maximum Gasteiger partial charge on any atom is 0.228 e. The van der Waals surface area contributed by atoms with Crippen LogP contribution in [0.4, 0.5) is 5.13 Å². The Kier molecular flexibility index (Phi) is 4.65. The molecule has 0 spiro atoms. The van der Waals surface area contributed by atoms with Crippen molar-refractivity contribution < 1.29 is 4.79 Å². The predicted octanol–water partition coefficient (Wildman–Crippen LogP) is 3.24. The fourth-order valence-corrected chi connectivity index (χ4v) is 3.01. The average molecular weight is 321 g/mol. The first-order chi connectivity index (χ1) is 10.2. The van der Waals surface area contributed by atoms with Crippen molar-refractivity contribution in [1.29, 1.82) is 0 Å². The zero-order valence-corrected chi connectivity index (χ0v) is 14.8. The van der Waals surface area contributed by atoms with Crippen LogP contribution in [0.1, 0.15) is 56.6 Å². The smallest absolute Gasteiger partial charge is 0.228 e. The summed E-state index contributed by atoms with van der Waals surface area (Å²) in [4.78, 5) is 12.2. The van der Waals surface area contributed by atoms with Crippen molar-refractivity contribution in [3.05, 3.63) is 22.5 Å². The minimum absolute atomic E-state index is 0.00343. The summed E-state index contributed by atoms with van der Waals surface area (Å²) in [5, 5.41) is 16.9. The SMILES string of the molecule is Cc1cc(C)n(C(C)CC(=O)Nc2nnc(C(C)(C)C)s2)n1. The highest BCUT2D eigenvalue weighted by Crippen LogP contribution is 2.28. The summed E-state index contributed by atoms with van der Waals surface area (Å²) in [5.41, 5.74) is 1.96. The lowest BCUT2D eigenvalue weighted by Gasteiger charge is -2.13. The molecule has 7 heteroatoms. The molecule has 2 aromatic rings. The molecule has 1 unspecified atom stereocenters. The Morgan fingerprint density at radius 2 is 2.05 bits per heavy atom. The molecule has 0 radical (unpaired) electrons. The molecule has 0 saturated heterocycles. The first-order valence-electron chi connectivity index (χ1n) is 7.33. The van der Waals surface area contributed by atoms with Gasteiger partial charge in [-0.2, -0.15) is 5.10 Å². The van der Waals surface area contributed by atoms with E-state index in [0.29, 0.717) is 11.6 Å². The normalized spacial score (nSPS) is 13.2. The molecule has 2 aromatic heterocycles. The van der Waals surface area contributed by atoms with E-state index in [1.54, 1.807) is 0 Å². The molecule has 1 N–H and O–H groups in total. The van der Waals surface area contributed by atoms with Gasteiger partial charge in [-0.1, -0.05) is 32.1 Å². The van der Waals surface area contributed by atoms with Crippen molar-refractivity contribution >= 4 is 22.4 Å². The fraction of sp³-hybridized carbons (Fsp3) is 0.600. The number of anilines is 1. The van der Waals surface area contributed by atoms with Crippen LogP contribution in [-0.4, -0.2) is 25.9 Å². The van der Waals surface area contributed by atoms with E-state index in [4.69, 9.17) is 0 Å². The summed E-state index contributed by atoms with van der Waals surface area (Å²) < 4.78 is 1.88. The van der Waals surface area contributed by atoms with Gasteiger partial charge in [0, 0.05) is 17.5 Å². The lowest BCUT2D eigenvalue weighted by molar-refractivity contribution is -0.116. The third kappa shape index (κ3) is 3.91. The van der Waals surface area contributed by atoms with Gasteiger partial charge in [0.05, 0.1) is 11.7 Å². The Labute approximate surface area is 135 Å². The molecule has 0 fully saturated rings. The standard InChI is InChI=1S/C15H23N5OS/c1-9-7-10(2)20(19-9)11(3)8-12(21)16-14-18-17-13(22-14)15(4,5)6/h7,11H,8H2,1-6H3,(H,16,18,21). The van der Waals surface area contributed by atoms with Crippen molar-refractivity contribution in [3.8, 4) is 0 Å². The number of aromatic nitrogens is 4. The van der Waals surface area contributed by atoms with E-state index in [1.807, 2.05) is 31.5 Å². The van der Waals surface area contributed by atoms with E-state index in [2.05, 4.69) is 41.4 Å². The summed E-state index contributed by atoms with van der Waals surface area (Å²) in [6.45, 7) is 12.2. The first-order valence-corrected chi connectivity index (χ1v) is 8.15. The fourth-order valence-electron chi connectivity index (χ4n) is 2.19. The first kappa shape index (κ1) is 16.6. The van der Waals surface area contributed by atoms with Gasteiger partial charge in [0.25, 0.3) is 0 Å². The highest BCUT2D eigenvalue weighted by atomic mass is 32.1. The Bertz CT molecular complexity index is 668. The molecule has 0 aromatic carbocycles. The predicted molar refractivity (Wildman–Crippen MR) is 88.3 cm³/mol. The molecular weight excluding hydrogens is 298 g/mol. The van der Waals surface area contributed by atoms with Crippen molar-refractivity contribution in [1.82, 2.24) is 20.0 Å². The van der Waals surface area contributed by atoms with Crippen molar-refractivity contribution in [3.63, 3.8) is 0 Å². The zero-order chi connectivity index (χ0) is 16.5. The Balaban J connectivity index is 1.98. The van der Waals surface area contributed by atoms with Crippen LogP contribution in [-0.2, 0) is 10.2 Å². The van der Waals surface area contributed by atoms with Gasteiger partial charge in [-0.25, -0.2) is 0 Å². The van der Waals surface area contributed by atoms with E-state index in [9.17, 15) is 4.79 Å². The number of nitrogens with zero attached hydrogens (tertiary/aromatic N) is 4. The quantitative estimate of drug-likeness (QED) is 0.938. The van der Waals surface area contributed by atoms with Crippen LogP contribution >= 0.6 is 11.3 Å². The molecule has 22 heavy (non-hydrogen) atoms. The van der Waals surface area contributed by atoms with Crippen LogP contribution in [0.2, 0.25) is 0 Å². The minimum Gasteiger partial charge on any atom is -0.300 e. The van der Waals surface area contributed by atoms with Crippen LogP contribution in [0, 0.1) is 13.8 Å². The molecule has 1 amide bonds. The van der Waals surface area contributed by atoms with Crippen LogP contribution in [0.5, 0.6) is 0 Å². The van der Waals surface area contributed by atoms with Crippen LogP contribution < -0.4 is 5.32 Å². The van der Waals surface area contributed by atoms with Gasteiger partial charge in [0.1, 0.15) is 5.01 Å². The average Bonchev–Trinajstić information content (AvgIpc) is 2.95. The van der Waals surface area contributed by atoms with E-state index >= 15 is 0 Å². The summed E-state index contributed by atoms with van der Waals surface area (Å²) in [6, 6.07) is 2.01. The van der Waals surface area contributed by atoms with Gasteiger partial charge < -0.3 is 5.32 Å². The summed E-state index contributed by atoms with van der Waals surface area (Å²) in [6.07, 6.45) is 0.354. The van der Waals surface area contributed by atoms with E-state index in [0.717, 1.165) is 16.4 Å². The highest BCUT2D eigenvalue weighted by Gasteiger charge is 2.21. The van der Waals surface area contributed by atoms with Gasteiger partial charge in [0.15, 0.2) is 0 Å². The number of carbonyl (C=O) groups excluding carboxylic acids is 1. The number of hydrogen-bond donors (Lipinski definition) is 1. The second kappa shape index (κ2) is 6.16. The topological polar surface area (TPSA) is 72.7 Å². The molecule has 6 nitrogen and oxygen atoms in total. The van der Waals surface area contributed by atoms with Gasteiger partial charge in [-0.05, 0) is 26.8 Å². The maximum atomic E-state index is 12.2. The molecule has 0 aliphatic heterocycles. The van der Waals surface area contributed by atoms with E-state index in [-0.39, 0.29) is 17.4 Å². The van der Waals surface area contributed by atoms with E-state index in [1.165, 1.54) is 11.3 Å².